The van der Waals surface area contributed by atoms with Gasteiger partial charge in [-0.15, -0.1) is 11.3 Å². The van der Waals surface area contributed by atoms with E-state index in [1.807, 2.05) is 6.20 Å². The van der Waals surface area contributed by atoms with E-state index in [1.165, 1.54) is 0 Å². The summed E-state index contributed by atoms with van der Waals surface area (Å²) in [5.74, 6) is 0. The van der Waals surface area contributed by atoms with Gasteiger partial charge in [0.05, 0.1) is 16.1 Å². The van der Waals surface area contributed by atoms with Crippen LogP contribution in [0.25, 0.3) is 0 Å². The number of hydrogen-bond acceptors (Lipinski definition) is 4. The minimum Gasteiger partial charge on any atom is -0.313 e. The molecule has 0 radical (unpaired) electrons. The Labute approximate surface area is 82.9 Å². The first-order valence-corrected chi connectivity index (χ1v) is 5.02. The van der Waals surface area contributed by atoms with Crippen molar-refractivity contribution in [1.82, 2.24) is 10.4 Å². The molecule has 0 saturated heterocycles. The van der Waals surface area contributed by atoms with Crippen molar-refractivity contribution in [2.75, 3.05) is 7.05 Å². The van der Waals surface area contributed by atoms with Crippen LogP contribution in [0.4, 0.5) is 0 Å². The summed E-state index contributed by atoms with van der Waals surface area (Å²) in [5.41, 5.74) is 2.85. The normalized spacial score (nSPS) is 12.3. The fourth-order valence-corrected chi connectivity index (χ4v) is 1.67. The molecule has 1 aromatic rings. The van der Waals surface area contributed by atoms with E-state index < -0.39 is 0 Å². The average Bonchev–Trinajstić information content (AvgIpc) is 2.47. The molecular formula is C9H15N3S. The molecule has 0 aliphatic carbocycles. The van der Waals surface area contributed by atoms with Gasteiger partial charge in [-0.25, -0.2) is 4.98 Å². The molecule has 1 heterocycles. The zero-order valence-electron chi connectivity index (χ0n) is 8.46. The lowest BCUT2D eigenvalue weighted by atomic mass is 9.98. The van der Waals surface area contributed by atoms with Crippen LogP contribution in [0.3, 0.4) is 0 Å². The van der Waals surface area contributed by atoms with Crippen molar-refractivity contribution in [3.05, 3.63) is 16.1 Å². The van der Waals surface area contributed by atoms with Gasteiger partial charge >= 0.3 is 0 Å². The number of aromatic nitrogens is 1. The molecule has 4 heteroatoms. The monoisotopic (exact) mass is 197 g/mol. The van der Waals surface area contributed by atoms with Crippen molar-refractivity contribution >= 4 is 17.6 Å². The van der Waals surface area contributed by atoms with Crippen LogP contribution in [0.5, 0.6) is 0 Å². The molecule has 0 unspecified atom stereocenters. The van der Waals surface area contributed by atoms with E-state index in [0.717, 1.165) is 9.88 Å². The van der Waals surface area contributed by atoms with E-state index in [4.69, 9.17) is 0 Å². The molecule has 0 saturated carbocycles. The predicted molar refractivity (Wildman–Crippen MR) is 57.5 cm³/mol. The van der Waals surface area contributed by atoms with Crippen molar-refractivity contribution in [1.29, 1.82) is 0 Å². The van der Waals surface area contributed by atoms with Crippen molar-refractivity contribution < 1.29 is 0 Å². The summed E-state index contributed by atoms with van der Waals surface area (Å²) < 4.78 is 0. The summed E-state index contributed by atoms with van der Waals surface area (Å²) >= 11 is 1.68. The van der Waals surface area contributed by atoms with Gasteiger partial charge in [-0.05, 0) is 0 Å². The molecule has 72 valence electrons. The highest BCUT2D eigenvalue weighted by atomic mass is 32.1. The molecule has 13 heavy (non-hydrogen) atoms. The van der Waals surface area contributed by atoms with Gasteiger partial charge in [-0.2, -0.15) is 5.10 Å². The molecule has 0 amide bonds. The second-order valence-electron chi connectivity index (χ2n) is 3.80. The molecular weight excluding hydrogens is 182 g/mol. The largest absolute Gasteiger partial charge is 0.313 e. The third kappa shape index (κ3) is 2.81. The van der Waals surface area contributed by atoms with Gasteiger partial charge in [-0.1, -0.05) is 20.8 Å². The van der Waals surface area contributed by atoms with Gasteiger partial charge in [0.1, 0.15) is 0 Å². The van der Waals surface area contributed by atoms with Crippen molar-refractivity contribution in [3.63, 3.8) is 0 Å². The summed E-state index contributed by atoms with van der Waals surface area (Å²) in [6.45, 7) is 6.47. The topological polar surface area (TPSA) is 37.3 Å². The van der Waals surface area contributed by atoms with Crippen LogP contribution in [0, 0.1) is 0 Å². The van der Waals surface area contributed by atoms with E-state index in [0.29, 0.717) is 0 Å². The minimum atomic E-state index is 0.135. The highest BCUT2D eigenvalue weighted by Crippen LogP contribution is 2.25. The minimum absolute atomic E-state index is 0.135. The summed E-state index contributed by atoms with van der Waals surface area (Å²) in [5, 5.41) is 5.08. The smallest absolute Gasteiger partial charge is 0.0985 e. The van der Waals surface area contributed by atoms with Crippen LogP contribution >= 0.6 is 11.3 Å². The lowest BCUT2D eigenvalue weighted by Crippen LogP contribution is -2.09. The number of rotatable bonds is 2. The first kappa shape index (κ1) is 10.2. The molecule has 0 spiro atoms. The summed E-state index contributed by atoms with van der Waals surface area (Å²) in [6, 6.07) is 0. The van der Waals surface area contributed by atoms with Crippen molar-refractivity contribution in [2.45, 2.75) is 26.2 Å². The number of nitrogens with zero attached hydrogens (tertiary/aromatic N) is 2. The molecule has 1 N–H and O–H groups in total. The Bertz CT molecular complexity index is 296. The molecule has 0 aliphatic rings. The fourth-order valence-electron chi connectivity index (χ4n) is 0.821. The molecule has 0 aromatic carbocycles. The quantitative estimate of drug-likeness (QED) is 0.581. The van der Waals surface area contributed by atoms with Crippen molar-refractivity contribution in [3.8, 4) is 0 Å². The number of thiazole rings is 1. The van der Waals surface area contributed by atoms with Gasteiger partial charge in [0, 0.05) is 18.7 Å². The van der Waals surface area contributed by atoms with E-state index in [9.17, 15) is 0 Å². The number of hydrogen-bond donors (Lipinski definition) is 1. The van der Waals surface area contributed by atoms with Gasteiger partial charge in [0.2, 0.25) is 0 Å². The standard InChI is InChI=1S/C9H15N3S/c1-9(2,3)8-11-5-7(13-8)6-12-10-4/h5-6,10H,1-4H3/b12-6+. The lowest BCUT2D eigenvalue weighted by Gasteiger charge is -2.13. The fraction of sp³-hybridized carbons (Fsp3) is 0.556. The van der Waals surface area contributed by atoms with Crippen LogP contribution in [0.15, 0.2) is 11.3 Å². The Morgan fingerprint density at radius 2 is 2.23 bits per heavy atom. The number of nitrogens with one attached hydrogen (secondary N) is 1. The molecule has 0 bridgehead atoms. The average molecular weight is 197 g/mol. The van der Waals surface area contributed by atoms with E-state index in [1.54, 1.807) is 24.6 Å². The first-order chi connectivity index (χ1) is 6.04. The Hall–Kier alpha value is -0.900. The Kier molecular flexibility index (Phi) is 3.03. The first-order valence-electron chi connectivity index (χ1n) is 4.20. The number of hydrazone groups is 1. The third-order valence-corrected chi connectivity index (χ3v) is 2.84. The van der Waals surface area contributed by atoms with Crippen LogP contribution in [-0.2, 0) is 5.41 Å². The van der Waals surface area contributed by atoms with Crippen molar-refractivity contribution in [2.24, 2.45) is 5.10 Å². The summed E-state index contributed by atoms with van der Waals surface area (Å²) in [4.78, 5) is 5.42. The van der Waals surface area contributed by atoms with E-state index >= 15 is 0 Å². The highest BCUT2D eigenvalue weighted by Gasteiger charge is 2.17. The van der Waals surface area contributed by atoms with Crippen LogP contribution in [0.1, 0.15) is 30.7 Å². The van der Waals surface area contributed by atoms with Gasteiger partial charge in [-0.3, -0.25) is 0 Å². The maximum absolute atomic E-state index is 4.34. The second kappa shape index (κ2) is 3.87. The lowest BCUT2D eigenvalue weighted by molar-refractivity contribution is 0.585. The molecule has 1 rings (SSSR count). The van der Waals surface area contributed by atoms with Gasteiger partial charge in [0.15, 0.2) is 0 Å². The molecule has 0 fully saturated rings. The second-order valence-corrected chi connectivity index (χ2v) is 4.86. The molecule has 0 aliphatic heterocycles. The summed E-state index contributed by atoms with van der Waals surface area (Å²) in [7, 11) is 1.78. The van der Waals surface area contributed by atoms with Crippen LogP contribution < -0.4 is 5.43 Å². The molecule has 0 atom stereocenters. The maximum atomic E-state index is 4.34. The van der Waals surface area contributed by atoms with Crippen LogP contribution in [-0.4, -0.2) is 18.2 Å². The molecule has 3 nitrogen and oxygen atoms in total. The van der Waals surface area contributed by atoms with E-state index in [-0.39, 0.29) is 5.41 Å². The summed E-state index contributed by atoms with van der Waals surface area (Å²) in [6.07, 6.45) is 3.64. The Balaban J connectivity index is 2.81. The Morgan fingerprint density at radius 1 is 1.54 bits per heavy atom. The zero-order chi connectivity index (χ0) is 9.90. The van der Waals surface area contributed by atoms with E-state index in [2.05, 4.69) is 36.3 Å². The Morgan fingerprint density at radius 3 is 2.69 bits per heavy atom. The molecule has 1 aromatic heterocycles. The van der Waals surface area contributed by atoms with Gasteiger partial charge < -0.3 is 5.43 Å². The van der Waals surface area contributed by atoms with Gasteiger partial charge in [0.25, 0.3) is 0 Å². The zero-order valence-corrected chi connectivity index (χ0v) is 9.27. The maximum Gasteiger partial charge on any atom is 0.0985 e. The third-order valence-electron chi connectivity index (χ3n) is 1.49. The SMILES string of the molecule is CN/N=C/c1cnc(C(C)(C)C)s1. The highest BCUT2D eigenvalue weighted by molar-refractivity contribution is 7.13. The van der Waals surface area contributed by atoms with Crippen LogP contribution in [0.2, 0.25) is 0 Å². The predicted octanol–water partition coefficient (Wildman–Crippen LogP) is 1.99.